The topological polar surface area (TPSA) is 89.5 Å². The minimum Gasteiger partial charge on any atom is -0.489 e. The van der Waals surface area contributed by atoms with E-state index in [0.29, 0.717) is 48.0 Å². The van der Waals surface area contributed by atoms with Gasteiger partial charge in [0.25, 0.3) is 0 Å². The van der Waals surface area contributed by atoms with Crippen molar-refractivity contribution in [1.82, 2.24) is 19.9 Å². The van der Waals surface area contributed by atoms with Gasteiger partial charge in [0.1, 0.15) is 28.7 Å². The Hall–Kier alpha value is -3.46. The molecule has 0 bridgehead atoms. The highest BCUT2D eigenvalue weighted by Gasteiger charge is 2.27. The fraction of sp³-hybridized carbons (Fsp3) is 0.304. The Kier molecular flexibility index (Phi) is 5.72. The number of anilines is 2. The highest BCUT2D eigenvalue weighted by Crippen LogP contribution is 2.37. The molecule has 1 aromatic carbocycles. The van der Waals surface area contributed by atoms with Crippen molar-refractivity contribution in [1.29, 1.82) is 0 Å². The molecule has 1 saturated carbocycles. The van der Waals surface area contributed by atoms with Crippen LogP contribution in [0.15, 0.2) is 43.2 Å². The smallest absolute Gasteiger partial charge is 0.246 e. The molecule has 10 heteroatoms. The van der Waals surface area contributed by atoms with Gasteiger partial charge in [0, 0.05) is 19.0 Å². The number of carbonyl (C=O) groups excluding carboxylic acids is 1. The maximum Gasteiger partial charge on any atom is 0.246 e. The van der Waals surface area contributed by atoms with Crippen LogP contribution < -0.4 is 14.8 Å². The molecule has 5 rings (SSSR count). The summed E-state index contributed by atoms with van der Waals surface area (Å²) >= 11 is 6.18. The first kappa shape index (κ1) is 21.4. The number of nitrogens with zero attached hydrogens (tertiary/aromatic N) is 4. The van der Waals surface area contributed by atoms with E-state index in [4.69, 9.17) is 21.1 Å². The fourth-order valence-electron chi connectivity index (χ4n) is 3.62. The monoisotopic (exact) mass is 469 g/mol. The summed E-state index contributed by atoms with van der Waals surface area (Å²) in [5.41, 5.74) is 1.13. The number of rotatable bonds is 7. The van der Waals surface area contributed by atoms with Crippen LogP contribution in [0, 0.1) is 5.82 Å². The molecule has 1 amide bonds. The van der Waals surface area contributed by atoms with Crippen molar-refractivity contribution < 1.29 is 18.7 Å². The number of amides is 1. The lowest BCUT2D eigenvalue weighted by Crippen LogP contribution is -2.29. The Morgan fingerprint density at radius 1 is 1.18 bits per heavy atom. The van der Waals surface area contributed by atoms with Gasteiger partial charge in [-0.2, -0.15) is 0 Å². The van der Waals surface area contributed by atoms with Crippen LogP contribution in [-0.2, 0) is 4.79 Å². The summed E-state index contributed by atoms with van der Waals surface area (Å²) < 4.78 is 26.5. The molecule has 33 heavy (non-hydrogen) atoms. The van der Waals surface area contributed by atoms with E-state index in [1.165, 1.54) is 12.4 Å². The molecule has 3 aromatic rings. The molecule has 2 fully saturated rings. The van der Waals surface area contributed by atoms with Gasteiger partial charge in [-0.3, -0.25) is 4.79 Å². The van der Waals surface area contributed by atoms with Crippen LogP contribution in [0.5, 0.6) is 11.6 Å². The zero-order valence-electron chi connectivity index (χ0n) is 17.6. The number of aromatic nitrogens is 3. The van der Waals surface area contributed by atoms with E-state index in [9.17, 15) is 9.18 Å². The highest BCUT2D eigenvalue weighted by atomic mass is 35.5. The van der Waals surface area contributed by atoms with Gasteiger partial charge in [-0.1, -0.05) is 18.2 Å². The molecule has 1 N–H and O–H groups in total. The molecule has 170 valence electrons. The van der Waals surface area contributed by atoms with Gasteiger partial charge in [-0.25, -0.2) is 19.3 Å². The highest BCUT2D eigenvalue weighted by molar-refractivity contribution is 6.32. The molecule has 1 atom stereocenters. The predicted octanol–water partition coefficient (Wildman–Crippen LogP) is 4.27. The van der Waals surface area contributed by atoms with Gasteiger partial charge < -0.3 is 19.7 Å². The fourth-order valence-corrected chi connectivity index (χ4v) is 3.83. The molecule has 1 aliphatic heterocycles. The van der Waals surface area contributed by atoms with Crippen molar-refractivity contribution in [2.24, 2.45) is 0 Å². The summed E-state index contributed by atoms with van der Waals surface area (Å²) in [5.74, 6) is 0.244. The van der Waals surface area contributed by atoms with E-state index < -0.39 is 5.82 Å². The SMILES string of the molecule is C=CC(=O)N1CC[C@H](Oc2ccc3ncnc(Nc4ccc(OC5CC5)c(Cl)c4F)c3n2)C1. The largest absolute Gasteiger partial charge is 0.489 e. The van der Waals surface area contributed by atoms with Gasteiger partial charge in [0.15, 0.2) is 11.6 Å². The van der Waals surface area contributed by atoms with E-state index in [1.807, 2.05) is 0 Å². The van der Waals surface area contributed by atoms with Crippen molar-refractivity contribution in [2.45, 2.75) is 31.5 Å². The Morgan fingerprint density at radius 2 is 2.03 bits per heavy atom. The number of halogens is 2. The third-order valence-electron chi connectivity index (χ3n) is 5.49. The van der Waals surface area contributed by atoms with E-state index in [0.717, 1.165) is 12.8 Å². The van der Waals surface area contributed by atoms with Crippen LogP contribution in [0.4, 0.5) is 15.9 Å². The molecular weight excluding hydrogens is 449 g/mol. The lowest BCUT2D eigenvalue weighted by atomic mass is 10.2. The zero-order valence-corrected chi connectivity index (χ0v) is 18.4. The number of pyridine rings is 1. The van der Waals surface area contributed by atoms with Crippen molar-refractivity contribution in [3.8, 4) is 11.6 Å². The van der Waals surface area contributed by atoms with Gasteiger partial charge in [-0.15, -0.1) is 0 Å². The second-order valence-electron chi connectivity index (χ2n) is 7.94. The van der Waals surface area contributed by atoms with Gasteiger partial charge in [-0.05, 0) is 37.1 Å². The van der Waals surface area contributed by atoms with E-state index >= 15 is 0 Å². The average Bonchev–Trinajstić information content (AvgIpc) is 3.53. The first-order valence-electron chi connectivity index (χ1n) is 10.6. The van der Waals surface area contributed by atoms with E-state index in [-0.39, 0.29) is 28.8 Å². The van der Waals surface area contributed by atoms with Crippen molar-refractivity contribution in [3.63, 3.8) is 0 Å². The number of ether oxygens (including phenoxy) is 2. The minimum atomic E-state index is -0.632. The molecule has 2 aliphatic rings. The Bertz CT molecular complexity index is 1240. The lowest BCUT2D eigenvalue weighted by molar-refractivity contribution is -0.125. The lowest BCUT2D eigenvalue weighted by Gasteiger charge is -2.16. The third-order valence-corrected chi connectivity index (χ3v) is 5.85. The molecule has 0 spiro atoms. The molecule has 1 saturated heterocycles. The van der Waals surface area contributed by atoms with Crippen molar-refractivity contribution in [3.05, 3.63) is 54.1 Å². The number of benzene rings is 1. The van der Waals surface area contributed by atoms with Crippen molar-refractivity contribution >= 4 is 40.0 Å². The van der Waals surface area contributed by atoms with Gasteiger partial charge >= 0.3 is 0 Å². The normalized spacial score (nSPS) is 17.8. The summed E-state index contributed by atoms with van der Waals surface area (Å²) in [6.07, 6.45) is 5.17. The molecular formula is C23H21ClFN5O3. The third kappa shape index (κ3) is 4.54. The van der Waals surface area contributed by atoms with E-state index in [2.05, 4.69) is 26.8 Å². The maximum atomic E-state index is 14.9. The summed E-state index contributed by atoms with van der Waals surface area (Å²) in [5, 5.41) is 2.87. The molecule has 0 unspecified atom stereocenters. The summed E-state index contributed by atoms with van der Waals surface area (Å²) in [4.78, 5) is 26.5. The number of carbonyl (C=O) groups is 1. The molecule has 1 aliphatic carbocycles. The molecule has 0 radical (unpaired) electrons. The Labute approximate surface area is 194 Å². The first-order valence-corrected chi connectivity index (χ1v) is 11.0. The predicted molar refractivity (Wildman–Crippen MR) is 121 cm³/mol. The van der Waals surface area contributed by atoms with Crippen molar-refractivity contribution in [2.75, 3.05) is 18.4 Å². The van der Waals surface area contributed by atoms with Crippen LogP contribution in [0.25, 0.3) is 11.0 Å². The van der Waals surface area contributed by atoms with Crippen LogP contribution in [-0.4, -0.2) is 51.1 Å². The molecule has 3 heterocycles. The van der Waals surface area contributed by atoms with Gasteiger partial charge in [0.05, 0.1) is 23.9 Å². The zero-order chi connectivity index (χ0) is 22.9. The quantitative estimate of drug-likeness (QED) is 0.517. The number of likely N-dealkylation sites (tertiary alicyclic amines) is 1. The van der Waals surface area contributed by atoms with Crippen LogP contribution in [0.1, 0.15) is 19.3 Å². The maximum absolute atomic E-state index is 14.9. The number of hydrogen-bond donors (Lipinski definition) is 1. The standard InChI is InChI=1S/C23H21ClFN5O3/c1-2-19(31)30-10-9-14(11-30)33-18-8-6-16-22(29-18)23(27-12-26-16)28-15-5-7-17(20(24)21(15)25)32-13-3-4-13/h2,5-8,12-14H,1,3-4,9-11H2,(H,26,27,28)/t14-/m0/s1. The minimum absolute atomic E-state index is 0.0814. The molecule has 2 aromatic heterocycles. The number of fused-ring (bicyclic) bond motifs is 1. The molecule has 8 nitrogen and oxygen atoms in total. The summed E-state index contributed by atoms with van der Waals surface area (Å²) in [6, 6.07) is 6.64. The van der Waals surface area contributed by atoms with Crippen LogP contribution in [0.2, 0.25) is 5.02 Å². The Balaban J connectivity index is 1.37. The second kappa shape index (κ2) is 8.82. The van der Waals surface area contributed by atoms with Gasteiger partial charge in [0.2, 0.25) is 11.8 Å². The number of nitrogens with one attached hydrogen (secondary N) is 1. The Morgan fingerprint density at radius 3 is 2.82 bits per heavy atom. The summed E-state index contributed by atoms with van der Waals surface area (Å²) in [6.45, 7) is 4.57. The second-order valence-corrected chi connectivity index (χ2v) is 8.32. The average molecular weight is 470 g/mol. The number of hydrogen-bond acceptors (Lipinski definition) is 7. The van der Waals surface area contributed by atoms with Crippen LogP contribution in [0.3, 0.4) is 0 Å². The first-order chi connectivity index (χ1) is 16.0. The van der Waals surface area contributed by atoms with Crippen LogP contribution >= 0.6 is 11.6 Å². The summed E-state index contributed by atoms with van der Waals surface area (Å²) in [7, 11) is 0. The van der Waals surface area contributed by atoms with E-state index in [1.54, 1.807) is 29.2 Å².